The SMILES string of the molecule is C#CCN(CC1CC1)C(=O)c1ccc(C(=O)O)c(C)n1. The fourth-order valence-corrected chi connectivity index (χ4v) is 2.01. The van der Waals surface area contributed by atoms with Crippen molar-refractivity contribution in [2.75, 3.05) is 13.1 Å². The molecule has 1 saturated carbocycles. The molecule has 5 nitrogen and oxygen atoms in total. The fraction of sp³-hybridized carbons (Fsp3) is 0.400. The molecule has 1 aromatic heterocycles. The van der Waals surface area contributed by atoms with Crippen molar-refractivity contribution in [3.63, 3.8) is 0 Å². The van der Waals surface area contributed by atoms with Gasteiger partial charge in [-0.25, -0.2) is 9.78 Å². The summed E-state index contributed by atoms with van der Waals surface area (Å²) < 4.78 is 0. The number of amides is 1. The molecule has 1 N–H and O–H groups in total. The van der Waals surface area contributed by atoms with Crippen LogP contribution in [0.2, 0.25) is 0 Å². The number of terminal acetylenes is 1. The molecule has 0 atom stereocenters. The number of carboxylic acid groups (broad SMARTS) is 1. The molecule has 0 aliphatic heterocycles. The van der Waals surface area contributed by atoms with Gasteiger partial charge in [-0.15, -0.1) is 6.42 Å². The van der Waals surface area contributed by atoms with Crippen molar-refractivity contribution in [3.8, 4) is 12.3 Å². The molecular formula is C15H16N2O3. The fourth-order valence-electron chi connectivity index (χ4n) is 2.01. The zero-order valence-corrected chi connectivity index (χ0v) is 11.3. The Kier molecular flexibility index (Phi) is 4.04. The van der Waals surface area contributed by atoms with Crippen LogP contribution < -0.4 is 0 Å². The van der Waals surface area contributed by atoms with E-state index in [0.29, 0.717) is 18.2 Å². The number of hydrogen-bond donors (Lipinski definition) is 1. The molecule has 1 amide bonds. The summed E-state index contributed by atoms with van der Waals surface area (Å²) in [6, 6.07) is 2.85. The summed E-state index contributed by atoms with van der Waals surface area (Å²) in [4.78, 5) is 29.0. The van der Waals surface area contributed by atoms with Crippen LogP contribution in [0.3, 0.4) is 0 Å². The summed E-state index contributed by atoms with van der Waals surface area (Å²) in [5.41, 5.74) is 0.672. The Hall–Kier alpha value is -2.35. The Bertz CT molecular complexity index is 585. The predicted octanol–water partition coefficient (Wildman–Crippen LogP) is 1.57. The quantitative estimate of drug-likeness (QED) is 0.826. The predicted molar refractivity (Wildman–Crippen MR) is 73.4 cm³/mol. The van der Waals surface area contributed by atoms with E-state index in [1.54, 1.807) is 11.8 Å². The molecule has 0 bridgehead atoms. The van der Waals surface area contributed by atoms with Crippen LogP contribution in [0.4, 0.5) is 0 Å². The second kappa shape index (κ2) is 5.74. The average Bonchev–Trinajstić information content (AvgIpc) is 3.21. The Balaban J connectivity index is 2.20. The van der Waals surface area contributed by atoms with Gasteiger partial charge in [-0.1, -0.05) is 5.92 Å². The Morgan fingerprint density at radius 3 is 2.70 bits per heavy atom. The average molecular weight is 272 g/mol. The number of aromatic carboxylic acids is 1. The Labute approximate surface area is 117 Å². The number of nitrogens with zero attached hydrogens (tertiary/aromatic N) is 2. The summed E-state index contributed by atoms with van der Waals surface area (Å²) in [6.45, 7) is 2.47. The third-order valence-electron chi connectivity index (χ3n) is 3.28. The molecule has 1 heterocycles. The van der Waals surface area contributed by atoms with Gasteiger partial charge in [0.15, 0.2) is 0 Å². The number of aryl methyl sites for hydroxylation is 1. The number of pyridine rings is 1. The van der Waals surface area contributed by atoms with Crippen molar-refractivity contribution >= 4 is 11.9 Å². The van der Waals surface area contributed by atoms with E-state index in [1.807, 2.05) is 0 Å². The maximum atomic E-state index is 12.4. The molecule has 1 aliphatic rings. The number of aromatic nitrogens is 1. The first-order valence-corrected chi connectivity index (χ1v) is 6.46. The molecule has 0 saturated heterocycles. The summed E-state index contributed by atoms with van der Waals surface area (Å²) in [6.07, 6.45) is 7.54. The smallest absolute Gasteiger partial charge is 0.337 e. The maximum absolute atomic E-state index is 12.4. The molecule has 20 heavy (non-hydrogen) atoms. The van der Waals surface area contributed by atoms with Gasteiger partial charge in [-0.3, -0.25) is 4.79 Å². The highest BCUT2D eigenvalue weighted by Gasteiger charge is 2.27. The molecule has 0 spiro atoms. The van der Waals surface area contributed by atoms with Crippen molar-refractivity contribution < 1.29 is 14.7 Å². The van der Waals surface area contributed by atoms with Crippen molar-refractivity contribution in [2.45, 2.75) is 19.8 Å². The van der Waals surface area contributed by atoms with Crippen LogP contribution in [0.25, 0.3) is 0 Å². The van der Waals surface area contributed by atoms with E-state index in [2.05, 4.69) is 10.9 Å². The van der Waals surface area contributed by atoms with Gasteiger partial charge in [0.2, 0.25) is 0 Å². The van der Waals surface area contributed by atoms with Crippen LogP contribution in [0.15, 0.2) is 12.1 Å². The van der Waals surface area contributed by atoms with Gasteiger partial charge >= 0.3 is 5.97 Å². The highest BCUT2D eigenvalue weighted by molar-refractivity contribution is 5.94. The van der Waals surface area contributed by atoms with Crippen molar-refractivity contribution in [1.29, 1.82) is 0 Å². The molecular weight excluding hydrogens is 256 g/mol. The van der Waals surface area contributed by atoms with Crippen LogP contribution in [0, 0.1) is 25.2 Å². The third kappa shape index (κ3) is 3.15. The molecule has 1 aliphatic carbocycles. The lowest BCUT2D eigenvalue weighted by atomic mass is 10.1. The van der Waals surface area contributed by atoms with Gasteiger partial charge in [0, 0.05) is 6.54 Å². The van der Waals surface area contributed by atoms with Gasteiger partial charge in [0.1, 0.15) is 5.69 Å². The zero-order chi connectivity index (χ0) is 14.7. The van der Waals surface area contributed by atoms with E-state index in [1.165, 1.54) is 12.1 Å². The van der Waals surface area contributed by atoms with Crippen LogP contribution in [0.1, 0.15) is 39.4 Å². The summed E-state index contributed by atoms with van der Waals surface area (Å²) in [5, 5.41) is 8.95. The number of rotatable bonds is 5. The minimum atomic E-state index is -1.05. The first-order valence-electron chi connectivity index (χ1n) is 6.46. The van der Waals surface area contributed by atoms with Crippen molar-refractivity contribution in [1.82, 2.24) is 9.88 Å². The summed E-state index contributed by atoms with van der Waals surface area (Å²) >= 11 is 0. The summed E-state index contributed by atoms with van der Waals surface area (Å²) in [5.74, 6) is 1.72. The largest absolute Gasteiger partial charge is 0.478 e. The molecule has 0 aromatic carbocycles. The van der Waals surface area contributed by atoms with E-state index in [0.717, 1.165) is 12.8 Å². The van der Waals surface area contributed by atoms with E-state index in [4.69, 9.17) is 11.5 Å². The highest BCUT2D eigenvalue weighted by atomic mass is 16.4. The molecule has 2 rings (SSSR count). The van der Waals surface area contributed by atoms with Crippen molar-refractivity contribution in [2.24, 2.45) is 5.92 Å². The van der Waals surface area contributed by atoms with Crippen LogP contribution in [-0.4, -0.2) is 40.0 Å². The van der Waals surface area contributed by atoms with Crippen LogP contribution >= 0.6 is 0 Å². The first-order chi connectivity index (χ1) is 9.52. The number of hydrogen-bond acceptors (Lipinski definition) is 3. The van der Waals surface area contributed by atoms with E-state index < -0.39 is 5.97 Å². The molecule has 5 heteroatoms. The topological polar surface area (TPSA) is 70.5 Å². The highest BCUT2D eigenvalue weighted by Crippen LogP contribution is 2.30. The lowest BCUT2D eigenvalue weighted by Crippen LogP contribution is -2.34. The molecule has 1 fully saturated rings. The second-order valence-electron chi connectivity index (χ2n) is 4.97. The van der Waals surface area contributed by atoms with Gasteiger partial charge in [-0.2, -0.15) is 0 Å². The first kappa shape index (κ1) is 14.1. The number of carboxylic acids is 1. The lowest BCUT2D eigenvalue weighted by Gasteiger charge is -2.19. The third-order valence-corrected chi connectivity index (χ3v) is 3.28. The zero-order valence-electron chi connectivity index (χ0n) is 11.3. The molecule has 104 valence electrons. The monoisotopic (exact) mass is 272 g/mol. The molecule has 1 aromatic rings. The van der Waals surface area contributed by atoms with Gasteiger partial charge < -0.3 is 10.0 Å². The minimum Gasteiger partial charge on any atom is -0.478 e. The van der Waals surface area contributed by atoms with E-state index in [-0.39, 0.29) is 23.7 Å². The Morgan fingerprint density at radius 1 is 1.50 bits per heavy atom. The van der Waals surface area contributed by atoms with E-state index in [9.17, 15) is 9.59 Å². The van der Waals surface area contributed by atoms with E-state index >= 15 is 0 Å². The van der Waals surface area contributed by atoms with Crippen LogP contribution in [-0.2, 0) is 0 Å². The lowest BCUT2D eigenvalue weighted by molar-refractivity contribution is 0.0692. The van der Waals surface area contributed by atoms with Gasteiger partial charge in [0.05, 0.1) is 17.8 Å². The normalized spacial score (nSPS) is 13.6. The van der Waals surface area contributed by atoms with Gasteiger partial charge in [-0.05, 0) is 37.8 Å². The standard InChI is InChI=1S/C15H16N2O3/c1-3-8-17(9-11-4-5-11)14(18)13-7-6-12(15(19)20)10(2)16-13/h1,6-7,11H,4-5,8-9H2,2H3,(H,19,20). The number of carbonyl (C=O) groups excluding carboxylic acids is 1. The van der Waals surface area contributed by atoms with Gasteiger partial charge in [0.25, 0.3) is 5.91 Å². The Morgan fingerprint density at radius 2 is 2.20 bits per heavy atom. The number of carbonyl (C=O) groups is 2. The molecule has 0 unspecified atom stereocenters. The minimum absolute atomic E-state index is 0.104. The summed E-state index contributed by atoms with van der Waals surface area (Å²) in [7, 11) is 0. The second-order valence-corrected chi connectivity index (χ2v) is 4.97. The molecule has 0 radical (unpaired) electrons. The van der Waals surface area contributed by atoms with Crippen molar-refractivity contribution in [3.05, 3.63) is 29.1 Å². The maximum Gasteiger partial charge on any atom is 0.337 e. The van der Waals surface area contributed by atoms with Crippen LogP contribution in [0.5, 0.6) is 0 Å².